The highest BCUT2D eigenvalue weighted by molar-refractivity contribution is 8.01. The topological polar surface area (TPSA) is 35.6 Å². The van der Waals surface area contributed by atoms with Gasteiger partial charge in [-0.1, -0.05) is 35.5 Å². The fourth-order valence-corrected chi connectivity index (χ4v) is 6.81. The molecule has 0 bridgehead atoms. The molecule has 5 rings (SSSR count). The van der Waals surface area contributed by atoms with E-state index in [0.29, 0.717) is 5.75 Å². The van der Waals surface area contributed by atoms with Crippen LogP contribution in [0.2, 0.25) is 5.02 Å². The summed E-state index contributed by atoms with van der Waals surface area (Å²) in [5.74, 6) is 0.816. The summed E-state index contributed by atoms with van der Waals surface area (Å²) < 4.78 is 0. The maximum Gasteiger partial charge on any atom is 0.231 e. The normalized spacial score (nSPS) is 19.8. The lowest BCUT2D eigenvalue weighted by Crippen LogP contribution is -2.49. The van der Waals surface area contributed by atoms with E-state index in [2.05, 4.69) is 51.5 Å². The average molecular weight is 483 g/mol. The number of hydrogen-bond acceptors (Lipinski definition) is 5. The highest BCUT2D eigenvalue weighted by Gasteiger charge is 2.40. The molecule has 2 aromatic carbocycles. The minimum atomic E-state index is 0. The Morgan fingerprint density at radius 2 is 1.80 bits per heavy atom. The number of fused-ring (bicyclic) bond motifs is 2. The van der Waals surface area contributed by atoms with E-state index >= 15 is 0 Å². The van der Waals surface area contributed by atoms with Gasteiger partial charge < -0.3 is 15.1 Å². The fourth-order valence-electron chi connectivity index (χ4n) is 4.43. The van der Waals surface area contributed by atoms with Gasteiger partial charge in [0.05, 0.1) is 22.0 Å². The van der Waals surface area contributed by atoms with E-state index < -0.39 is 0 Å². The number of thioether (sulfide) groups is 1. The molecule has 160 valence electrons. The van der Waals surface area contributed by atoms with Crippen LogP contribution in [0.3, 0.4) is 0 Å². The molecule has 0 aliphatic carbocycles. The zero-order chi connectivity index (χ0) is 19.8. The van der Waals surface area contributed by atoms with E-state index in [9.17, 15) is 4.79 Å². The minimum absolute atomic E-state index is 0. The lowest BCUT2D eigenvalue weighted by atomic mass is 10.0. The third-order valence-electron chi connectivity index (χ3n) is 5.95. The van der Waals surface area contributed by atoms with Gasteiger partial charge in [-0.05, 0) is 56.1 Å². The summed E-state index contributed by atoms with van der Waals surface area (Å²) in [7, 11) is 0. The fraction of sp³-hybridized carbons (Fsp3) is 0.409. The van der Waals surface area contributed by atoms with Gasteiger partial charge in [-0.3, -0.25) is 4.79 Å². The van der Waals surface area contributed by atoms with Crippen LogP contribution in [0.5, 0.6) is 0 Å². The quantitative estimate of drug-likeness (QED) is 0.631. The van der Waals surface area contributed by atoms with Crippen molar-refractivity contribution in [1.82, 2.24) is 10.2 Å². The predicted octanol–water partition coefficient (Wildman–Crippen LogP) is 5.41. The maximum absolute atomic E-state index is 11.6. The molecular weight excluding hydrogens is 457 g/mol. The van der Waals surface area contributed by atoms with Crippen molar-refractivity contribution in [2.75, 3.05) is 36.8 Å². The number of piperidine rings is 1. The minimum Gasteiger partial charge on any atom is -0.341 e. The summed E-state index contributed by atoms with van der Waals surface area (Å²) in [4.78, 5) is 19.1. The molecule has 3 heterocycles. The molecule has 0 aromatic heterocycles. The zero-order valence-electron chi connectivity index (χ0n) is 16.6. The summed E-state index contributed by atoms with van der Waals surface area (Å²) in [6, 6.07) is 14.8. The molecule has 1 spiro atoms. The van der Waals surface area contributed by atoms with Gasteiger partial charge in [0.15, 0.2) is 0 Å². The van der Waals surface area contributed by atoms with Crippen molar-refractivity contribution in [3.63, 3.8) is 0 Å². The first-order valence-corrected chi connectivity index (χ1v) is 12.3. The van der Waals surface area contributed by atoms with Gasteiger partial charge in [-0.15, -0.1) is 24.2 Å². The number of halogens is 2. The summed E-state index contributed by atoms with van der Waals surface area (Å²) >= 11 is 9.94. The largest absolute Gasteiger partial charge is 0.341 e. The van der Waals surface area contributed by atoms with Gasteiger partial charge in [-0.2, -0.15) is 0 Å². The molecule has 0 saturated carbocycles. The smallest absolute Gasteiger partial charge is 0.231 e. The van der Waals surface area contributed by atoms with Crippen LogP contribution in [-0.4, -0.2) is 47.6 Å². The molecule has 1 amide bonds. The molecule has 0 radical (unpaired) electrons. The Labute approximate surface area is 197 Å². The molecule has 0 unspecified atom stereocenters. The first-order valence-electron chi connectivity index (χ1n) is 10.1. The molecule has 30 heavy (non-hydrogen) atoms. The van der Waals surface area contributed by atoms with Gasteiger partial charge in [-0.25, -0.2) is 0 Å². The van der Waals surface area contributed by atoms with Gasteiger partial charge in [0.1, 0.15) is 0 Å². The number of carbonyl (C=O) groups excluding carboxylic acids is 1. The number of nitrogens with zero attached hydrogens (tertiary/aromatic N) is 2. The number of para-hydroxylation sites is 1. The van der Waals surface area contributed by atoms with E-state index in [4.69, 9.17) is 11.6 Å². The van der Waals surface area contributed by atoms with Crippen molar-refractivity contribution in [1.29, 1.82) is 0 Å². The molecular formula is C22H25Cl2N3OS2. The van der Waals surface area contributed by atoms with Crippen LogP contribution < -0.4 is 10.2 Å². The van der Waals surface area contributed by atoms with Crippen LogP contribution in [0.4, 0.5) is 11.4 Å². The Morgan fingerprint density at radius 1 is 1.03 bits per heavy atom. The third-order valence-corrected chi connectivity index (χ3v) is 8.79. The van der Waals surface area contributed by atoms with Crippen molar-refractivity contribution in [2.45, 2.75) is 33.9 Å². The lowest BCUT2D eigenvalue weighted by molar-refractivity contribution is -0.119. The van der Waals surface area contributed by atoms with Crippen LogP contribution in [0.25, 0.3) is 0 Å². The maximum atomic E-state index is 11.6. The van der Waals surface area contributed by atoms with E-state index in [1.807, 2.05) is 17.8 Å². The second-order valence-corrected chi connectivity index (χ2v) is 10.7. The Morgan fingerprint density at radius 3 is 2.57 bits per heavy atom. The summed E-state index contributed by atoms with van der Waals surface area (Å²) in [5.41, 5.74) is 2.48. The highest BCUT2D eigenvalue weighted by Crippen LogP contribution is 2.48. The van der Waals surface area contributed by atoms with Crippen LogP contribution >= 0.6 is 47.5 Å². The van der Waals surface area contributed by atoms with E-state index in [1.165, 1.54) is 21.2 Å². The molecule has 0 atom stereocenters. The average Bonchev–Trinajstić information content (AvgIpc) is 3.09. The summed E-state index contributed by atoms with van der Waals surface area (Å²) in [6.45, 7) is 4.17. The molecule has 2 fully saturated rings. The van der Waals surface area contributed by atoms with Gasteiger partial charge in [0.2, 0.25) is 5.91 Å². The zero-order valence-corrected chi connectivity index (χ0v) is 19.8. The third kappa shape index (κ3) is 4.44. The summed E-state index contributed by atoms with van der Waals surface area (Å²) in [5, 5.41) is 3.98. The Balaban J connectivity index is 0.00000218. The van der Waals surface area contributed by atoms with Crippen molar-refractivity contribution in [3.05, 3.63) is 47.5 Å². The van der Waals surface area contributed by atoms with Gasteiger partial charge >= 0.3 is 0 Å². The second kappa shape index (κ2) is 9.21. The second-order valence-electron chi connectivity index (χ2n) is 7.86. The number of benzene rings is 2. The van der Waals surface area contributed by atoms with Crippen molar-refractivity contribution in [2.24, 2.45) is 0 Å². The number of rotatable bonds is 4. The van der Waals surface area contributed by atoms with Gasteiger partial charge in [0.25, 0.3) is 0 Å². The van der Waals surface area contributed by atoms with E-state index in [-0.39, 0.29) is 23.2 Å². The molecule has 4 nitrogen and oxygen atoms in total. The molecule has 2 saturated heterocycles. The summed E-state index contributed by atoms with van der Waals surface area (Å²) in [6.07, 6.45) is 3.19. The van der Waals surface area contributed by atoms with Gasteiger partial charge in [0, 0.05) is 34.4 Å². The Hall–Kier alpha value is -1.05. The standard InChI is InChI=1S/C22H24ClN3OS2.ClH/c23-16-6-7-20-18(14-16)26(17-4-1-2-5-19(17)29-20)11-3-10-25-12-8-22(9-13-25)24-21(27)15-28-22;/h1-2,4-7,14H,3,8-13,15H2,(H,24,27);1H. The first kappa shape index (κ1) is 22.2. The van der Waals surface area contributed by atoms with Crippen molar-refractivity contribution in [3.8, 4) is 0 Å². The van der Waals surface area contributed by atoms with Crippen LogP contribution in [0.15, 0.2) is 52.3 Å². The SMILES string of the molecule is Cl.O=C1CSC2(CCN(CCCN3c4ccccc4Sc4ccc(Cl)cc43)CC2)N1. The van der Waals surface area contributed by atoms with Crippen LogP contribution in [0, 0.1) is 0 Å². The molecule has 8 heteroatoms. The number of hydrogen-bond donors (Lipinski definition) is 1. The molecule has 1 N–H and O–H groups in total. The number of nitrogens with one attached hydrogen (secondary N) is 1. The Kier molecular flexibility index (Phi) is 6.80. The molecule has 3 aliphatic rings. The molecule has 3 aliphatic heterocycles. The predicted molar refractivity (Wildman–Crippen MR) is 130 cm³/mol. The number of likely N-dealkylation sites (tertiary alicyclic amines) is 1. The van der Waals surface area contributed by atoms with E-state index in [0.717, 1.165) is 50.5 Å². The Bertz CT molecular complexity index is 934. The monoisotopic (exact) mass is 481 g/mol. The number of anilines is 2. The molecule has 2 aromatic rings. The van der Waals surface area contributed by atoms with E-state index in [1.54, 1.807) is 11.8 Å². The van der Waals surface area contributed by atoms with Crippen molar-refractivity contribution < 1.29 is 4.79 Å². The number of amides is 1. The lowest BCUT2D eigenvalue weighted by Gasteiger charge is -2.39. The highest BCUT2D eigenvalue weighted by atomic mass is 35.5. The van der Waals surface area contributed by atoms with Crippen molar-refractivity contribution >= 4 is 64.8 Å². The first-order chi connectivity index (χ1) is 14.1. The van der Waals surface area contributed by atoms with Crippen LogP contribution in [-0.2, 0) is 4.79 Å². The van der Waals surface area contributed by atoms with Crippen LogP contribution in [0.1, 0.15) is 19.3 Å². The number of carbonyl (C=O) groups is 1.